The average molecular weight is 260 g/mol. The average Bonchev–Trinajstić information content (AvgIpc) is 2.90. The Morgan fingerprint density at radius 3 is 2.89 bits per heavy atom. The quantitative estimate of drug-likeness (QED) is 0.716. The number of nitrogens with zero attached hydrogens (tertiary/aromatic N) is 2. The van der Waals surface area contributed by atoms with E-state index in [9.17, 15) is 0 Å². The lowest BCUT2D eigenvalue weighted by Gasteiger charge is -2.17. The molecule has 0 saturated heterocycles. The van der Waals surface area contributed by atoms with E-state index in [2.05, 4.69) is 52.5 Å². The third kappa shape index (κ3) is 4.04. The Hall–Kier alpha value is -1.39. The molecule has 0 atom stereocenters. The summed E-state index contributed by atoms with van der Waals surface area (Å²) in [4.78, 5) is 2.46. The number of H-pyrrole nitrogens is 1. The predicted molar refractivity (Wildman–Crippen MR) is 80.2 cm³/mol. The highest BCUT2D eigenvalue weighted by Crippen LogP contribution is 2.12. The van der Waals surface area contributed by atoms with Gasteiger partial charge in [-0.05, 0) is 44.2 Å². The molecule has 1 aromatic carbocycles. The lowest BCUT2D eigenvalue weighted by atomic mass is 10.1. The Bertz CT molecular complexity index is 488. The van der Waals surface area contributed by atoms with E-state index < -0.39 is 0 Å². The number of hydrogen-bond acceptors (Lipinski definition) is 3. The van der Waals surface area contributed by atoms with Gasteiger partial charge in [0.25, 0.3) is 0 Å². The van der Waals surface area contributed by atoms with E-state index in [1.165, 1.54) is 23.9 Å². The summed E-state index contributed by atoms with van der Waals surface area (Å²) in [5.74, 6) is 0. The molecular weight excluding hydrogens is 236 g/mol. The number of hydrogen-bond donors (Lipinski definition) is 2. The van der Waals surface area contributed by atoms with Crippen LogP contribution in [-0.2, 0) is 6.54 Å². The van der Waals surface area contributed by atoms with Gasteiger partial charge in [-0.3, -0.25) is 5.10 Å². The summed E-state index contributed by atoms with van der Waals surface area (Å²) < 4.78 is 0. The highest BCUT2D eigenvalue weighted by atomic mass is 15.1. The summed E-state index contributed by atoms with van der Waals surface area (Å²) in [7, 11) is 0. The van der Waals surface area contributed by atoms with Gasteiger partial charge >= 0.3 is 0 Å². The summed E-state index contributed by atoms with van der Waals surface area (Å²) >= 11 is 0. The first-order chi connectivity index (χ1) is 9.33. The lowest BCUT2D eigenvalue weighted by molar-refractivity contribution is 0.298. The molecule has 0 aliphatic heterocycles. The van der Waals surface area contributed by atoms with Crippen LogP contribution in [0.25, 0.3) is 10.9 Å². The van der Waals surface area contributed by atoms with Crippen LogP contribution in [-0.4, -0.2) is 41.3 Å². The first-order valence-electron chi connectivity index (χ1n) is 7.18. The molecule has 4 nitrogen and oxygen atoms in total. The molecule has 0 radical (unpaired) electrons. The second-order valence-electron chi connectivity index (χ2n) is 4.85. The molecule has 1 aromatic heterocycles. The predicted octanol–water partition coefficient (Wildman–Crippen LogP) is 2.38. The van der Waals surface area contributed by atoms with Crippen LogP contribution in [0, 0.1) is 0 Å². The molecule has 0 spiro atoms. The van der Waals surface area contributed by atoms with Gasteiger partial charge in [0, 0.05) is 11.9 Å². The van der Waals surface area contributed by atoms with E-state index in [1.54, 1.807) is 0 Å². The maximum atomic E-state index is 4.04. The standard InChI is InChI=1S/C15H24N4/c1-3-19(4-2)9-5-8-16-11-13-6-7-14-12-17-18-15(14)10-13/h6-7,10,12,16H,3-5,8-9,11H2,1-2H3,(H,17,18). The summed E-state index contributed by atoms with van der Waals surface area (Å²) in [6, 6.07) is 6.45. The molecule has 0 unspecified atom stereocenters. The van der Waals surface area contributed by atoms with Crippen LogP contribution in [0.4, 0.5) is 0 Å². The smallest absolute Gasteiger partial charge is 0.0653 e. The maximum Gasteiger partial charge on any atom is 0.0653 e. The molecule has 2 N–H and O–H groups in total. The zero-order valence-electron chi connectivity index (χ0n) is 11.9. The van der Waals surface area contributed by atoms with E-state index in [4.69, 9.17) is 0 Å². The van der Waals surface area contributed by atoms with Gasteiger partial charge in [0.2, 0.25) is 0 Å². The summed E-state index contributed by atoms with van der Waals surface area (Å²) in [6.45, 7) is 9.90. The van der Waals surface area contributed by atoms with Gasteiger partial charge < -0.3 is 10.2 Å². The second kappa shape index (κ2) is 7.26. The van der Waals surface area contributed by atoms with E-state index >= 15 is 0 Å². The number of rotatable bonds is 8. The van der Waals surface area contributed by atoms with Gasteiger partial charge in [-0.2, -0.15) is 5.10 Å². The van der Waals surface area contributed by atoms with Crippen LogP contribution in [0.1, 0.15) is 25.8 Å². The molecule has 0 aliphatic rings. The minimum atomic E-state index is 0.924. The van der Waals surface area contributed by atoms with Crippen molar-refractivity contribution in [3.8, 4) is 0 Å². The topological polar surface area (TPSA) is 44.0 Å². The number of nitrogens with one attached hydrogen (secondary N) is 2. The van der Waals surface area contributed by atoms with Crippen LogP contribution in [0.2, 0.25) is 0 Å². The van der Waals surface area contributed by atoms with Crippen molar-refractivity contribution < 1.29 is 0 Å². The number of aromatic nitrogens is 2. The number of aromatic amines is 1. The number of benzene rings is 1. The van der Waals surface area contributed by atoms with Crippen molar-refractivity contribution in [3.05, 3.63) is 30.0 Å². The highest BCUT2D eigenvalue weighted by molar-refractivity contribution is 5.78. The molecule has 2 aromatic rings. The van der Waals surface area contributed by atoms with Crippen molar-refractivity contribution >= 4 is 10.9 Å². The Morgan fingerprint density at radius 2 is 2.11 bits per heavy atom. The van der Waals surface area contributed by atoms with Gasteiger partial charge in [0.05, 0.1) is 11.7 Å². The van der Waals surface area contributed by atoms with Gasteiger partial charge in [-0.1, -0.05) is 26.0 Å². The minimum Gasteiger partial charge on any atom is -0.313 e. The van der Waals surface area contributed by atoms with E-state index in [-0.39, 0.29) is 0 Å². The normalized spacial score (nSPS) is 11.5. The third-order valence-corrected chi connectivity index (χ3v) is 3.56. The van der Waals surface area contributed by atoms with Gasteiger partial charge in [-0.25, -0.2) is 0 Å². The van der Waals surface area contributed by atoms with Crippen LogP contribution in [0.5, 0.6) is 0 Å². The van der Waals surface area contributed by atoms with Crippen molar-refractivity contribution in [2.45, 2.75) is 26.8 Å². The molecule has 19 heavy (non-hydrogen) atoms. The minimum absolute atomic E-state index is 0.924. The first-order valence-corrected chi connectivity index (χ1v) is 7.18. The Kier molecular flexibility index (Phi) is 5.36. The maximum absolute atomic E-state index is 4.04. The molecule has 0 fully saturated rings. The van der Waals surface area contributed by atoms with Gasteiger partial charge in [0.15, 0.2) is 0 Å². The fourth-order valence-corrected chi connectivity index (χ4v) is 2.29. The van der Waals surface area contributed by atoms with E-state index in [0.717, 1.165) is 31.7 Å². The monoisotopic (exact) mass is 260 g/mol. The van der Waals surface area contributed by atoms with Crippen LogP contribution >= 0.6 is 0 Å². The van der Waals surface area contributed by atoms with Crippen molar-refractivity contribution in [1.29, 1.82) is 0 Å². The molecular formula is C15H24N4. The molecule has 0 bridgehead atoms. The van der Waals surface area contributed by atoms with E-state index in [1.807, 2.05) is 6.20 Å². The fraction of sp³-hybridized carbons (Fsp3) is 0.533. The van der Waals surface area contributed by atoms with Crippen LogP contribution < -0.4 is 5.32 Å². The third-order valence-electron chi connectivity index (χ3n) is 3.56. The van der Waals surface area contributed by atoms with Crippen molar-refractivity contribution in [2.75, 3.05) is 26.2 Å². The van der Waals surface area contributed by atoms with E-state index in [0.29, 0.717) is 0 Å². The van der Waals surface area contributed by atoms with Crippen molar-refractivity contribution in [3.63, 3.8) is 0 Å². The first kappa shape index (κ1) is 14.0. The summed E-state index contributed by atoms with van der Waals surface area (Å²) in [5, 5.41) is 11.7. The molecule has 0 amide bonds. The van der Waals surface area contributed by atoms with Gasteiger partial charge in [0.1, 0.15) is 0 Å². The van der Waals surface area contributed by atoms with Crippen LogP contribution in [0.15, 0.2) is 24.4 Å². The Labute approximate surface area is 115 Å². The zero-order chi connectivity index (χ0) is 13.5. The van der Waals surface area contributed by atoms with Crippen LogP contribution in [0.3, 0.4) is 0 Å². The summed E-state index contributed by atoms with van der Waals surface area (Å²) in [5.41, 5.74) is 2.42. The summed E-state index contributed by atoms with van der Waals surface area (Å²) in [6.07, 6.45) is 3.06. The number of fused-ring (bicyclic) bond motifs is 1. The van der Waals surface area contributed by atoms with Crippen molar-refractivity contribution in [1.82, 2.24) is 20.4 Å². The Morgan fingerprint density at radius 1 is 1.26 bits per heavy atom. The second-order valence-corrected chi connectivity index (χ2v) is 4.85. The molecule has 104 valence electrons. The fourth-order valence-electron chi connectivity index (χ4n) is 2.29. The zero-order valence-corrected chi connectivity index (χ0v) is 11.9. The lowest BCUT2D eigenvalue weighted by Crippen LogP contribution is -2.27. The largest absolute Gasteiger partial charge is 0.313 e. The SMILES string of the molecule is CCN(CC)CCCNCc1ccc2cn[nH]c2c1. The Balaban J connectivity index is 1.70. The van der Waals surface area contributed by atoms with Crippen molar-refractivity contribution in [2.24, 2.45) is 0 Å². The molecule has 1 heterocycles. The van der Waals surface area contributed by atoms with Gasteiger partial charge in [-0.15, -0.1) is 0 Å². The molecule has 0 saturated carbocycles. The molecule has 4 heteroatoms. The molecule has 0 aliphatic carbocycles. The molecule has 2 rings (SSSR count). The highest BCUT2D eigenvalue weighted by Gasteiger charge is 1.99.